The monoisotopic (exact) mass is 398 g/mol. The van der Waals surface area contributed by atoms with Gasteiger partial charge in [0, 0.05) is 16.8 Å². The number of hydrogen-bond acceptors (Lipinski definition) is 6. The van der Waals surface area contributed by atoms with Crippen LogP contribution in [0.3, 0.4) is 0 Å². The average molecular weight is 399 g/mol. The quantitative estimate of drug-likeness (QED) is 0.534. The highest BCUT2D eigenvalue weighted by molar-refractivity contribution is 6.30. The van der Waals surface area contributed by atoms with Crippen LogP contribution < -0.4 is 15.8 Å². The van der Waals surface area contributed by atoms with Crippen molar-refractivity contribution in [3.8, 4) is 11.7 Å². The molecule has 3 N–H and O–H groups in total. The highest BCUT2D eigenvalue weighted by Crippen LogP contribution is 2.27. The first-order valence-electron chi connectivity index (χ1n) is 8.35. The van der Waals surface area contributed by atoms with Gasteiger partial charge in [-0.3, -0.25) is 4.57 Å². The van der Waals surface area contributed by atoms with E-state index in [0.29, 0.717) is 22.3 Å². The number of nitrogens with zero attached hydrogens (tertiary/aromatic N) is 4. The molecule has 0 radical (unpaired) electrons. The minimum Gasteiger partial charge on any atom is -0.497 e. The molecule has 142 valence electrons. The van der Waals surface area contributed by atoms with Gasteiger partial charge < -0.3 is 15.8 Å². The molecule has 4 rings (SSSR count). The van der Waals surface area contributed by atoms with Crippen LogP contribution in [-0.2, 0) is 0 Å². The lowest BCUT2D eigenvalue weighted by Crippen LogP contribution is -2.10. The number of aromatic nitrogens is 4. The summed E-state index contributed by atoms with van der Waals surface area (Å²) in [5.74, 6) is 0.427. The van der Waals surface area contributed by atoms with Crippen molar-refractivity contribution in [3.05, 3.63) is 59.1 Å². The maximum atomic E-state index is 14.5. The van der Waals surface area contributed by atoms with E-state index in [0.717, 1.165) is 11.0 Å². The van der Waals surface area contributed by atoms with E-state index >= 15 is 0 Å². The van der Waals surface area contributed by atoms with Crippen LogP contribution in [0, 0.1) is 12.7 Å². The molecule has 7 nitrogen and oxygen atoms in total. The van der Waals surface area contributed by atoms with Gasteiger partial charge in [0.1, 0.15) is 11.6 Å². The Bertz CT molecular complexity index is 1180. The van der Waals surface area contributed by atoms with E-state index in [1.165, 1.54) is 0 Å². The zero-order chi connectivity index (χ0) is 19.8. The van der Waals surface area contributed by atoms with Gasteiger partial charge in [0.25, 0.3) is 0 Å². The highest BCUT2D eigenvalue weighted by atomic mass is 35.5. The molecule has 0 amide bonds. The second-order valence-electron chi connectivity index (χ2n) is 6.05. The second kappa shape index (κ2) is 6.97. The minimum absolute atomic E-state index is 0.0473. The number of methoxy groups -OCH3 is 1. The van der Waals surface area contributed by atoms with Gasteiger partial charge in [0.05, 0.1) is 18.1 Å². The van der Waals surface area contributed by atoms with E-state index in [4.69, 9.17) is 22.1 Å². The first-order chi connectivity index (χ1) is 13.5. The molecule has 0 unspecified atom stereocenters. The molecule has 0 aliphatic carbocycles. The van der Waals surface area contributed by atoms with Gasteiger partial charge >= 0.3 is 0 Å². The normalized spacial score (nSPS) is 11.0. The van der Waals surface area contributed by atoms with Crippen LogP contribution in [0.4, 0.5) is 21.7 Å². The van der Waals surface area contributed by atoms with Crippen LogP contribution in [0.25, 0.3) is 17.0 Å². The molecule has 0 aliphatic rings. The Morgan fingerprint density at radius 1 is 1.11 bits per heavy atom. The fourth-order valence-corrected chi connectivity index (χ4v) is 2.99. The Hall–Kier alpha value is -3.39. The molecule has 0 aliphatic heterocycles. The van der Waals surface area contributed by atoms with Gasteiger partial charge in [-0.2, -0.15) is 14.4 Å². The van der Waals surface area contributed by atoms with E-state index in [1.807, 2.05) is 25.1 Å². The Balaban J connectivity index is 1.85. The predicted octanol–water partition coefficient (Wildman–Crippen LogP) is 4.25. The number of nitrogens with two attached hydrogens (primary N) is 1. The fourth-order valence-electron chi connectivity index (χ4n) is 2.86. The third-order valence-electron chi connectivity index (χ3n) is 4.20. The lowest BCUT2D eigenvalue weighted by Gasteiger charge is -2.12. The van der Waals surface area contributed by atoms with Crippen LogP contribution in [0.5, 0.6) is 5.75 Å². The minimum atomic E-state index is -0.738. The van der Waals surface area contributed by atoms with E-state index < -0.39 is 5.82 Å². The van der Waals surface area contributed by atoms with Crippen LogP contribution in [0.2, 0.25) is 5.02 Å². The number of benzene rings is 2. The number of aryl methyl sites for hydroxylation is 1. The van der Waals surface area contributed by atoms with E-state index in [9.17, 15) is 4.39 Å². The summed E-state index contributed by atoms with van der Waals surface area (Å²) in [5, 5.41) is 3.48. The molecule has 0 saturated heterocycles. The molecular formula is C19H16ClFN6O. The molecular weight excluding hydrogens is 383 g/mol. The number of rotatable bonds is 4. The van der Waals surface area contributed by atoms with Crippen molar-refractivity contribution in [2.24, 2.45) is 0 Å². The summed E-state index contributed by atoms with van der Waals surface area (Å²) < 4.78 is 21.5. The topological polar surface area (TPSA) is 90.9 Å². The smallest absolute Gasteiger partial charge is 0.239 e. The number of fused-ring (bicyclic) bond motifs is 1. The second-order valence-corrected chi connectivity index (χ2v) is 6.49. The first kappa shape index (κ1) is 18.0. The van der Waals surface area contributed by atoms with Crippen LogP contribution in [0.15, 0.2) is 42.5 Å². The maximum absolute atomic E-state index is 14.5. The molecule has 2 aromatic heterocycles. The molecule has 0 saturated carbocycles. The van der Waals surface area contributed by atoms with Crippen molar-refractivity contribution < 1.29 is 9.13 Å². The predicted molar refractivity (Wildman–Crippen MR) is 107 cm³/mol. The molecule has 2 heterocycles. The van der Waals surface area contributed by atoms with Crippen molar-refractivity contribution in [1.29, 1.82) is 0 Å². The summed E-state index contributed by atoms with van der Waals surface area (Å²) in [6.07, 6.45) is 0. The van der Waals surface area contributed by atoms with Gasteiger partial charge in [0.15, 0.2) is 11.6 Å². The van der Waals surface area contributed by atoms with Crippen LogP contribution in [-0.4, -0.2) is 26.6 Å². The van der Waals surface area contributed by atoms with Gasteiger partial charge in [-0.15, -0.1) is 0 Å². The Morgan fingerprint density at radius 3 is 2.57 bits per heavy atom. The lowest BCUT2D eigenvalue weighted by molar-refractivity contribution is 0.415. The molecule has 0 spiro atoms. The number of ether oxygens (including phenoxy) is 1. The number of nitrogen functional groups attached to an aromatic ring is 1. The molecule has 0 atom stereocenters. The third-order valence-corrected chi connectivity index (χ3v) is 4.45. The van der Waals surface area contributed by atoms with Crippen molar-refractivity contribution >= 4 is 40.0 Å². The van der Waals surface area contributed by atoms with Crippen molar-refractivity contribution in [2.75, 3.05) is 18.2 Å². The molecule has 0 bridgehead atoms. The van der Waals surface area contributed by atoms with Crippen molar-refractivity contribution in [1.82, 2.24) is 19.5 Å². The number of nitrogens with one attached hydrogen (secondary N) is 1. The first-order valence-corrected chi connectivity index (χ1v) is 8.73. The van der Waals surface area contributed by atoms with Crippen molar-refractivity contribution in [2.45, 2.75) is 6.92 Å². The van der Waals surface area contributed by atoms with Gasteiger partial charge in [-0.25, -0.2) is 4.98 Å². The molecule has 0 fully saturated rings. The summed E-state index contributed by atoms with van der Waals surface area (Å²) in [6.45, 7) is 1.81. The number of hydrogen-bond donors (Lipinski definition) is 2. The van der Waals surface area contributed by atoms with Gasteiger partial charge in [-0.05, 0) is 43.3 Å². The Kier molecular flexibility index (Phi) is 4.48. The summed E-state index contributed by atoms with van der Waals surface area (Å²) in [5.41, 5.74) is 7.88. The molecule has 4 aromatic rings. The van der Waals surface area contributed by atoms with E-state index in [1.54, 1.807) is 35.9 Å². The maximum Gasteiger partial charge on any atom is 0.239 e. The summed E-state index contributed by atoms with van der Waals surface area (Å²) in [7, 11) is 1.58. The fraction of sp³-hybridized carbons (Fsp3) is 0.105. The third kappa shape index (κ3) is 3.18. The number of anilines is 3. The van der Waals surface area contributed by atoms with Gasteiger partial charge in [0.2, 0.25) is 11.8 Å². The Labute approximate surface area is 165 Å². The van der Waals surface area contributed by atoms with Crippen molar-refractivity contribution in [3.63, 3.8) is 0 Å². The largest absolute Gasteiger partial charge is 0.497 e. The standard InChI is InChI=1S/C19H16ClFN6O/c1-10-23-14-8-7-13(28-2)9-15(14)27(10)19-25-17(22)16(21)18(26-19)24-12-5-3-11(20)4-6-12/h3-9H,1-2H3,(H3,22,24,25,26). The SMILES string of the molecule is COc1ccc2nc(C)n(-c3nc(N)c(F)c(Nc4ccc(Cl)cc4)n3)c2c1. The zero-order valence-electron chi connectivity index (χ0n) is 15.1. The summed E-state index contributed by atoms with van der Waals surface area (Å²) in [4.78, 5) is 12.9. The highest BCUT2D eigenvalue weighted by Gasteiger charge is 2.18. The van der Waals surface area contributed by atoms with Crippen LogP contribution in [0.1, 0.15) is 5.82 Å². The molecule has 28 heavy (non-hydrogen) atoms. The summed E-state index contributed by atoms with van der Waals surface area (Å²) in [6, 6.07) is 12.2. The van der Waals surface area contributed by atoms with Gasteiger partial charge in [-0.1, -0.05) is 11.6 Å². The average Bonchev–Trinajstić information content (AvgIpc) is 3.01. The Morgan fingerprint density at radius 2 is 1.86 bits per heavy atom. The number of halogens is 2. The zero-order valence-corrected chi connectivity index (χ0v) is 15.8. The summed E-state index contributed by atoms with van der Waals surface area (Å²) >= 11 is 5.89. The van der Waals surface area contributed by atoms with E-state index in [-0.39, 0.29) is 17.6 Å². The number of imidazole rings is 1. The molecule has 2 aromatic carbocycles. The van der Waals surface area contributed by atoms with E-state index in [2.05, 4.69) is 20.3 Å². The van der Waals surface area contributed by atoms with Crippen LogP contribution >= 0.6 is 11.6 Å². The lowest BCUT2D eigenvalue weighted by atomic mass is 10.3. The molecule has 9 heteroatoms.